The summed E-state index contributed by atoms with van der Waals surface area (Å²) in [5.74, 6) is 0.791. The van der Waals surface area contributed by atoms with Crippen molar-refractivity contribution in [1.82, 2.24) is 9.47 Å². The minimum Gasteiger partial charge on any atom is -0.459 e. The number of pyridine rings is 1. The third-order valence-corrected chi connectivity index (χ3v) is 6.06. The molecule has 0 N–H and O–H groups in total. The number of fused-ring (bicyclic) bond motifs is 4. The Morgan fingerprint density at radius 1 is 1.00 bits per heavy atom. The lowest BCUT2D eigenvalue weighted by Gasteiger charge is -2.42. The second kappa shape index (κ2) is 6.51. The molecular formula is C23H22N2O3. The summed E-state index contributed by atoms with van der Waals surface area (Å²) in [6, 6.07) is 15.5. The molecule has 0 saturated carbocycles. The highest BCUT2D eigenvalue weighted by Gasteiger charge is 2.37. The van der Waals surface area contributed by atoms with Crippen LogP contribution in [0.25, 0.3) is 11.1 Å². The van der Waals surface area contributed by atoms with Gasteiger partial charge >= 0.3 is 0 Å². The monoisotopic (exact) mass is 374 g/mol. The number of aromatic nitrogens is 1. The van der Waals surface area contributed by atoms with Crippen LogP contribution in [0, 0.1) is 12.8 Å². The Morgan fingerprint density at radius 3 is 2.64 bits per heavy atom. The number of amides is 1. The Balaban J connectivity index is 1.50. The second-order valence-corrected chi connectivity index (χ2v) is 7.89. The van der Waals surface area contributed by atoms with Crippen LogP contribution in [-0.4, -0.2) is 28.5 Å². The van der Waals surface area contributed by atoms with Crippen molar-refractivity contribution in [1.29, 1.82) is 0 Å². The van der Waals surface area contributed by atoms with E-state index in [9.17, 15) is 9.59 Å². The zero-order valence-electron chi connectivity index (χ0n) is 15.8. The first-order valence-corrected chi connectivity index (χ1v) is 9.74. The van der Waals surface area contributed by atoms with Gasteiger partial charge in [-0.05, 0) is 54.7 Å². The number of aryl methyl sites for hydroxylation is 1. The fourth-order valence-electron chi connectivity index (χ4n) is 4.75. The van der Waals surface area contributed by atoms with Crippen molar-refractivity contribution in [2.75, 3.05) is 13.1 Å². The van der Waals surface area contributed by atoms with Crippen LogP contribution in [0.15, 0.2) is 64.0 Å². The number of hydrogen-bond acceptors (Lipinski definition) is 3. The molecule has 2 atom stereocenters. The third-order valence-electron chi connectivity index (χ3n) is 6.06. The van der Waals surface area contributed by atoms with Crippen LogP contribution in [0.2, 0.25) is 0 Å². The number of benzene rings is 1. The summed E-state index contributed by atoms with van der Waals surface area (Å²) in [4.78, 5) is 27.9. The molecule has 2 aromatic heterocycles. The van der Waals surface area contributed by atoms with Gasteiger partial charge in [0.1, 0.15) is 0 Å². The van der Waals surface area contributed by atoms with Crippen molar-refractivity contribution in [3.63, 3.8) is 0 Å². The van der Waals surface area contributed by atoms with Crippen molar-refractivity contribution in [3.05, 3.63) is 82.2 Å². The van der Waals surface area contributed by atoms with Gasteiger partial charge in [-0.1, -0.05) is 24.3 Å². The number of likely N-dealkylation sites (tertiary alicyclic amines) is 1. The van der Waals surface area contributed by atoms with Gasteiger partial charge in [-0.25, -0.2) is 0 Å². The summed E-state index contributed by atoms with van der Waals surface area (Å²) in [6.07, 6.45) is 2.55. The Labute approximate surface area is 163 Å². The largest absolute Gasteiger partial charge is 0.459 e. The van der Waals surface area contributed by atoms with E-state index in [2.05, 4.69) is 6.07 Å². The van der Waals surface area contributed by atoms with E-state index in [1.165, 1.54) is 6.26 Å². The molecule has 0 unspecified atom stereocenters. The molecule has 2 aliphatic heterocycles. The summed E-state index contributed by atoms with van der Waals surface area (Å²) in [5.41, 5.74) is 3.97. The van der Waals surface area contributed by atoms with Gasteiger partial charge in [0.05, 0.1) is 6.26 Å². The molecule has 1 saturated heterocycles. The van der Waals surface area contributed by atoms with E-state index in [0.29, 0.717) is 25.4 Å². The number of hydrogen-bond donors (Lipinski definition) is 0. The Hall–Kier alpha value is -3.08. The van der Waals surface area contributed by atoms with E-state index in [4.69, 9.17) is 4.42 Å². The Kier molecular flexibility index (Phi) is 3.97. The van der Waals surface area contributed by atoms with Crippen molar-refractivity contribution in [2.45, 2.75) is 25.8 Å². The molecule has 5 nitrogen and oxygen atoms in total. The van der Waals surface area contributed by atoms with E-state index in [0.717, 1.165) is 28.8 Å². The summed E-state index contributed by atoms with van der Waals surface area (Å²) in [5, 5.41) is 0. The number of rotatable bonds is 2. The van der Waals surface area contributed by atoms with Crippen molar-refractivity contribution in [3.8, 4) is 11.1 Å². The van der Waals surface area contributed by atoms with Crippen LogP contribution in [0.3, 0.4) is 0 Å². The van der Waals surface area contributed by atoms with Gasteiger partial charge in [-0.15, -0.1) is 0 Å². The normalized spacial score (nSPS) is 20.7. The smallest absolute Gasteiger partial charge is 0.289 e. The number of carbonyl (C=O) groups is 1. The average Bonchev–Trinajstić information content (AvgIpc) is 3.24. The van der Waals surface area contributed by atoms with Gasteiger partial charge in [0.15, 0.2) is 5.76 Å². The second-order valence-electron chi connectivity index (χ2n) is 7.89. The standard InChI is InChI=1S/C23H22N2O3/c1-15-5-2-3-6-18(15)19-8-9-20-17-11-16(13-25(20)22(19)26)12-24(14-17)23(27)21-7-4-10-28-21/h2-10,16-17H,11-14H2,1H3/t16-,17+/m0/s1. The quantitative estimate of drug-likeness (QED) is 0.688. The van der Waals surface area contributed by atoms with Crippen molar-refractivity contribution < 1.29 is 9.21 Å². The van der Waals surface area contributed by atoms with Gasteiger partial charge in [-0.3, -0.25) is 9.59 Å². The van der Waals surface area contributed by atoms with Crippen LogP contribution < -0.4 is 5.56 Å². The predicted molar refractivity (Wildman–Crippen MR) is 106 cm³/mol. The molecule has 142 valence electrons. The van der Waals surface area contributed by atoms with Crippen LogP contribution in [0.4, 0.5) is 0 Å². The maximum Gasteiger partial charge on any atom is 0.289 e. The number of piperidine rings is 1. The molecule has 1 fully saturated rings. The van der Waals surface area contributed by atoms with Gasteiger partial charge in [-0.2, -0.15) is 0 Å². The first-order chi connectivity index (χ1) is 13.6. The van der Waals surface area contributed by atoms with E-state index in [-0.39, 0.29) is 23.3 Å². The summed E-state index contributed by atoms with van der Waals surface area (Å²) < 4.78 is 7.23. The molecule has 28 heavy (non-hydrogen) atoms. The highest BCUT2D eigenvalue weighted by molar-refractivity contribution is 5.91. The van der Waals surface area contributed by atoms with Crippen molar-refractivity contribution >= 4 is 5.91 Å². The minimum atomic E-state index is -0.0629. The van der Waals surface area contributed by atoms with Gasteiger partial charge in [0.25, 0.3) is 11.5 Å². The third kappa shape index (κ3) is 2.70. The fraction of sp³-hybridized carbons (Fsp3) is 0.304. The van der Waals surface area contributed by atoms with E-state index >= 15 is 0 Å². The molecule has 5 rings (SSSR count). The maximum absolute atomic E-state index is 13.3. The lowest BCUT2D eigenvalue weighted by molar-refractivity contribution is 0.0564. The summed E-state index contributed by atoms with van der Waals surface area (Å²) >= 11 is 0. The molecule has 3 aromatic rings. The molecule has 0 aliphatic carbocycles. The van der Waals surface area contributed by atoms with Crippen LogP contribution in [-0.2, 0) is 6.54 Å². The zero-order valence-corrected chi connectivity index (χ0v) is 15.8. The highest BCUT2D eigenvalue weighted by Crippen LogP contribution is 2.36. The highest BCUT2D eigenvalue weighted by atomic mass is 16.3. The maximum atomic E-state index is 13.3. The van der Waals surface area contributed by atoms with Crippen LogP contribution in [0.5, 0.6) is 0 Å². The van der Waals surface area contributed by atoms with E-state index in [1.807, 2.05) is 46.7 Å². The van der Waals surface area contributed by atoms with Gasteiger partial charge in [0, 0.05) is 36.8 Å². The first kappa shape index (κ1) is 17.0. The SMILES string of the molecule is Cc1ccccc1-c1ccc2n(c1=O)C[C@H]1C[C@@H]2CN(C(=O)c2ccco2)C1. The first-order valence-electron chi connectivity index (χ1n) is 9.74. The number of furan rings is 1. The predicted octanol–water partition coefficient (Wildman–Crippen LogP) is 3.68. The molecule has 1 amide bonds. The molecule has 0 radical (unpaired) electrons. The molecule has 0 spiro atoms. The zero-order chi connectivity index (χ0) is 19.3. The lowest BCUT2D eigenvalue weighted by Crippen LogP contribution is -2.49. The van der Waals surface area contributed by atoms with E-state index in [1.54, 1.807) is 12.1 Å². The summed E-state index contributed by atoms with van der Waals surface area (Å²) in [7, 11) is 0. The molecule has 1 aromatic carbocycles. The molecule has 4 heterocycles. The molecular weight excluding hydrogens is 352 g/mol. The average molecular weight is 374 g/mol. The lowest BCUT2D eigenvalue weighted by atomic mass is 9.82. The molecule has 2 bridgehead atoms. The van der Waals surface area contributed by atoms with Crippen LogP contribution >= 0.6 is 0 Å². The van der Waals surface area contributed by atoms with Gasteiger partial charge < -0.3 is 13.9 Å². The van der Waals surface area contributed by atoms with Crippen LogP contribution in [0.1, 0.15) is 34.2 Å². The van der Waals surface area contributed by atoms with E-state index < -0.39 is 0 Å². The number of nitrogens with zero attached hydrogens (tertiary/aromatic N) is 2. The minimum absolute atomic E-state index is 0.0629. The Bertz CT molecular complexity index is 1100. The topological polar surface area (TPSA) is 55.5 Å². The number of carbonyl (C=O) groups excluding carboxylic acids is 1. The Morgan fingerprint density at radius 2 is 1.86 bits per heavy atom. The molecule has 2 aliphatic rings. The molecule has 5 heteroatoms. The van der Waals surface area contributed by atoms with Gasteiger partial charge in [0.2, 0.25) is 0 Å². The summed E-state index contributed by atoms with van der Waals surface area (Å²) in [6.45, 7) is 3.98. The fourth-order valence-corrected chi connectivity index (χ4v) is 4.75. The van der Waals surface area contributed by atoms with Crippen molar-refractivity contribution in [2.24, 2.45) is 5.92 Å².